The predicted molar refractivity (Wildman–Crippen MR) is 56.4 cm³/mol. The van der Waals surface area contributed by atoms with Gasteiger partial charge in [0, 0.05) is 9.77 Å². The lowest BCUT2D eigenvalue weighted by Crippen LogP contribution is -2.02. The Balaban J connectivity index is 3.36. The van der Waals surface area contributed by atoms with Gasteiger partial charge in [0.25, 0.3) is 0 Å². The van der Waals surface area contributed by atoms with Crippen LogP contribution in [0.5, 0.6) is 0 Å². The molecule has 0 saturated carbocycles. The van der Waals surface area contributed by atoms with Crippen molar-refractivity contribution in [2.45, 2.75) is 6.92 Å². The fourth-order valence-corrected chi connectivity index (χ4v) is 1.78. The van der Waals surface area contributed by atoms with E-state index in [1.165, 1.54) is 6.20 Å². The van der Waals surface area contributed by atoms with E-state index in [1.807, 2.05) is 29.5 Å². The molecule has 0 radical (unpaired) electrons. The molecular formula is C7H5BrINO2. The monoisotopic (exact) mass is 341 g/mol. The highest BCUT2D eigenvalue weighted by atomic mass is 127. The first kappa shape index (κ1) is 9.91. The lowest BCUT2D eigenvalue weighted by Gasteiger charge is -2.02. The molecule has 0 fully saturated rings. The summed E-state index contributed by atoms with van der Waals surface area (Å²) < 4.78 is 1.44. The Morgan fingerprint density at radius 2 is 2.33 bits per heavy atom. The lowest BCUT2D eigenvalue weighted by atomic mass is 10.2. The molecule has 12 heavy (non-hydrogen) atoms. The van der Waals surface area contributed by atoms with E-state index in [1.54, 1.807) is 0 Å². The zero-order valence-electron chi connectivity index (χ0n) is 6.14. The third kappa shape index (κ3) is 1.77. The van der Waals surface area contributed by atoms with Crippen molar-refractivity contribution in [2.24, 2.45) is 0 Å². The largest absolute Gasteiger partial charge is 0.478 e. The Morgan fingerprint density at radius 3 is 2.83 bits per heavy atom. The number of pyridine rings is 1. The van der Waals surface area contributed by atoms with Gasteiger partial charge in [-0.15, -0.1) is 0 Å². The van der Waals surface area contributed by atoms with Crippen LogP contribution in [0.1, 0.15) is 16.1 Å². The molecule has 0 aliphatic rings. The van der Waals surface area contributed by atoms with Gasteiger partial charge in [-0.25, -0.2) is 4.79 Å². The van der Waals surface area contributed by atoms with Crippen LogP contribution < -0.4 is 0 Å². The summed E-state index contributed by atoms with van der Waals surface area (Å²) in [5.41, 5.74) is 1.03. The van der Waals surface area contributed by atoms with Crippen LogP contribution in [0.25, 0.3) is 0 Å². The summed E-state index contributed by atoms with van der Waals surface area (Å²) >= 11 is 5.24. The topological polar surface area (TPSA) is 50.2 Å². The standard InChI is InChI=1S/C7H5BrINO2/c1-3-5(8)6(9)4(2-10-3)7(11)12/h2H,1H3,(H,11,12). The highest BCUT2D eigenvalue weighted by Crippen LogP contribution is 2.24. The first-order valence-electron chi connectivity index (χ1n) is 3.08. The van der Waals surface area contributed by atoms with E-state index in [9.17, 15) is 4.79 Å². The number of halogens is 2. The summed E-state index contributed by atoms with van der Waals surface area (Å²) in [4.78, 5) is 14.5. The Hall–Kier alpha value is -0.170. The van der Waals surface area contributed by atoms with Crippen LogP contribution in [-0.2, 0) is 0 Å². The van der Waals surface area contributed by atoms with Gasteiger partial charge in [-0.1, -0.05) is 0 Å². The van der Waals surface area contributed by atoms with E-state index in [2.05, 4.69) is 20.9 Å². The smallest absolute Gasteiger partial charge is 0.338 e. The van der Waals surface area contributed by atoms with Gasteiger partial charge >= 0.3 is 5.97 Å². The molecule has 0 aliphatic heterocycles. The summed E-state index contributed by atoms with van der Waals surface area (Å²) in [7, 11) is 0. The number of hydrogen-bond donors (Lipinski definition) is 1. The molecule has 3 nitrogen and oxygen atoms in total. The van der Waals surface area contributed by atoms with Crippen molar-refractivity contribution < 1.29 is 9.90 Å². The minimum absolute atomic E-state index is 0.230. The number of aromatic nitrogens is 1. The first-order chi connectivity index (χ1) is 5.54. The summed E-state index contributed by atoms with van der Waals surface area (Å²) in [6.07, 6.45) is 1.37. The lowest BCUT2D eigenvalue weighted by molar-refractivity contribution is 0.0695. The summed E-state index contributed by atoms with van der Waals surface area (Å²) in [6.45, 7) is 1.82. The quantitative estimate of drug-likeness (QED) is 0.798. The number of aryl methyl sites for hydroxylation is 1. The van der Waals surface area contributed by atoms with Gasteiger partial charge in [-0.05, 0) is 45.4 Å². The van der Waals surface area contributed by atoms with Crippen molar-refractivity contribution in [3.05, 3.63) is 25.5 Å². The van der Waals surface area contributed by atoms with E-state index >= 15 is 0 Å². The Labute approximate surface area is 91.5 Å². The van der Waals surface area contributed by atoms with Crippen molar-refractivity contribution in [1.29, 1.82) is 0 Å². The van der Waals surface area contributed by atoms with E-state index in [0.717, 1.165) is 10.2 Å². The molecule has 5 heteroatoms. The predicted octanol–water partition coefficient (Wildman–Crippen LogP) is 2.46. The Kier molecular flexibility index (Phi) is 3.05. The third-order valence-corrected chi connectivity index (χ3v) is 4.20. The number of carbonyl (C=O) groups is 1. The normalized spacial score (nSPS) is 9.92. The molecule has 1 aromatic heterocycles. The zero-order chi connectivity index (χ0) is 9.30. The maximum Gasteiger partial charge on any atom is 0.338 e. The second kappa shape index (κ2) is 3.69. The Bertz CT molecular complexity index is 340. The van der Waals surface area contributed by atoms with Gasteiger partial charge in [0.05, 0.1) is 15.7 Å². The third-order valence-electron chi connectivity index (χ3n) is 1.36. The van der Waals surface area contributed by atoms with Crippen LogP contribution in [0.3, 0.4) is 0 Å². The van der Waals surface area contributed by atoms with Gasteiger partial charge in [0.15, 0.2) is 0 Å². The number of nitrogens with zero attached hydrogens (tertiary/aromatic N) is 1. The molecule has 0 unspecified atom stereocenters. The second-order valence-corrected chi connectivity index (χ2v) is 4.06. The van der Waals surface area contributed by atoms with Crippen LogP contribution in [-0.4, -0.2) is 16.1 Å². The van der Waals surface area contributed by atoms with Gasteiger partial charge in [-0.3, -0.25) is 4.98 Å². The molecule has 1 N–H and O–H groups in total. The molecule has 0 bridgehead atoms. The van der Waals surface area contributed by atoms with Gasteiger partial charge in [0.2, 0.25) is 0 Å². The van der Waals surface area contributed by atoms with E-state index in [4.69, 9.17) is 5.11 Å². The molecule has 0 aliphatic carbocycles. The van der Waals surface area contributed by atoms with Crippen molar-refractivity contribution in [3.63, 3.8) is 0 Å². The summed E-state index contributed by atoms with van der Waals surface area (Å²) in [5.74, 6) is -0.951. The van der Waals surface area contributed by atoms with Gasteiger partial charge in [-0.2, -0.15) is 0 Å². The Morgan fingerprint density at radius 1 is 1.75 bits per heavy atom. The minimum Gasteiger partial charge on any atom is -0.478 e. The summed E-state index contributed by atoms with van der Waals surface area (Å²) in [6, 6.07) is 0. The van der Waals surface area contributed by atoms with E-state index in [0.29, 0.717) is 3.57 Å². The molecule has 1 rings (SSSR count). The van der Waals surface area contributed by atoms with Crippen LogP contribution in [0.15, 0.2) is 10.7 Å². The van der Waals surface area contributed by atoms with Crippen molar-refractivity contribution >= 4 is 44.5 Å². The molecule has 0 saturated heterocycles. The molecule has 0 spiro atoms. The SMILES string of the molecule is Cc1ncc(C(=O)O)c(I)c1Br. The maximum atomic E-state index is 10.6. The molecule has 1 aromatic rings. The number of carboxylic acid groups (broad SMARTS) is 1. The number of hydrogen-bond acceptors (Lipinski definition) is 2. The maximum absolute atomic E-state index is 10.6. The van der Waals surface area contributed by atoms with Crippen molar-refractivity contribution in [1.82, 2.24) is 4.98 Å². The van der Waals surface area contributed by atoms with Crippen molar-refractivity contribution in [2.75, 3.05) is 0 Å². The number of carboxylic acids is 1. The van der Waals surface area contributed by atoms with E-state index < -0.39 is 5.97 Å². The zero-order valence-corrected chi connectivity index (χ0v) is 9.88. The molecule has 0 amide bonds. The van der Waals surface area contributed by atoms with Crippen LogP contribution in [0, 0.1) is 10.5 Å². The van der Waals surface area contributed by atoms with Crippen molar-refractivity contribution in [3.8, 4) is 0 Å². The van der Waals surface area contributed by atoms with Gasteiger partial charge < -0.3 is 5.11 Å². The average Bonchev–Trinajstić information content (AvgIpc) is 2.00. The van der Waals surface area contributed by atoms with Crippen LogP contribution in [0.4, 0.5) is 0 Å². The molecule has 64 valence electrons. The second-order valence-electron chi connectivity index (χ2n) is 2.19. The molecule has 0 aromatic carbocycles. The van der Waals surface area contributed by atoms with E-state index in [-0.39, 0.29) is 5.56 Å². The fourth-order valence-electron chi connectivity index (χ4n) is 0.701. The highest BCUT2D eigenvalue weighted by molar-refractivity contribution is 14.1. The average molecular weight is 342 g/mol. The molecule has 1 heterocycles. The van der Waals surface area contributed by atoms with Crippen LogP contribution >= 0.6 is 38.5 Å². The number of rotatable bonds is 1. The fraction of sp³-hybridized carbons (Fsp3) is 0.143. The molecule has 0 atom stereocenters. The minimum atomic E-state index is -0.951. The van der Waals surface area contributed by atoms with Crippen LogP contribution in [0.2, 0.25) is 0 Å². The summed E-state index contributed by atoms with van der Waals surface area (Å²) in [5, 5.41) is 8.72. The first-order valence-corrected chi connectivity index (χ1v) is 4.95. The molecular weight excluding hydrogens is 337 g/mol. The van der Waals surface area contributed by atoms with Gasteiger partial charge in [0.1, 0.15) is 0 Å². The highest BCUT2D eigenvalue weighted by Gasteiger charge is 2.12. The number of aromatic carboxylic acids is 1.